The minimum Gasteiger partial charge on any atom is -0.351 e. The first-order valence-electron chi connectivity index (χ1n) is 8.50. The van der Waals surface area contributed by atoms with Crippen molar-refractivity contribution in [3.8, 4) is 0 Å². The highest BCUT2D eigenvalue weighted by Gasteiger charge is 2.18. The van der Waals surface area contributed by atoms with Crippen LogP contribution in [0.5, 0.6) is 0 Å². The van der Waals surface area contributed by atoms with Crippen LogP contribution in [0.1, 0.15) is 31.1 Å². The Kier molecular flexibility index (Phi) is 5.52. The van der Waals surface area contributed by atoms with E-state index >= 15 is 0 Å². The molecule has 3 aromatic rings. The summed E-state index contributed by atoms with van der Waals surface area (Å²) in [4.78, 5) is 16.4. The van der Waals surface area contributed by atoms with E-state index in [0.29, 0.717) is 10.9 Å². The van der Waals surface area contributed by atoms with Crippen LogP contribution >= 0.6 is 11.6 Å². The van der Waals surface area contributed by atoms with E-state index in [1.165, 1.54) is 12.1 Å². The minimum absolute atomic E-state index is 0.00754. The van der Waals surface area contributed by atoms with Gasteiger partial charge in [0.1, 0.15) is 11.6 Å². The van der Waals surface area contributed by atoms with Crippen LogP contribution in [-0.2, 0) is 0 Å². The number of carbonyl (C=O) groups excluding carboxylic acids is 1. The molecule has 0 spiro atoms. The highest BCUT2D eigenvalue weighted by molar-refractivity contribution is 6.31. The molecule has 0 aliphatic heterocycles. The van der Waals surface area contributed by atoms with Crippen molar-refractivity contribution in [2.75, 3.05) is 5.32 Å². The Balaban J connectivity index is 1.97. The van der Waals surface area contributed by atoms with Crippen molar-refractivity contribution in [1.29, 1.82) is 0 Å². The molecule has 1 heterocycles. The Hall–Kier alpha value is -3.07. The average Bonchev–Trinajstić information content (AvgIpc) is 2.98. The minimum atomic E-state index is -1.16. The van der Waals surface area contributed by atoms with E-state index < -0.39 is 28.9 Å². The van der Waals surface area contributed by atoms with E-state index in [9.17, 15) is 18.0 Å². The molecule has 2 aromatic carbocycles. The van der Waals surface area contributed by atoms with Crippen LogP contribution in [0.2, 0.25) is 5.02 Å². The largest absolute Gasteiger partial charge is 0.351 e. The summed E-state index contributed by atoms with van der Waals surface area (Å²) in [5, 5.41) is 12.9. The van der Waals surface area contributed by atoms with Crippen molar-refractivity contribution < 1.29 is 18.0 Å². The van der Waals surface area contributed by atoms with Crippen molar-refractivity contribution in [2.45, 2.75) is 26.3 Å². The predicted molar refractivity (Wildman–Crippen MR) is 106 cm³/mol. The normalized spacial score (nSPS) is 12.3. The zero-order valence-electron chi connectivity index (χ0n) is 15.7. The fourth-order valence-electron chi connectivity index (χ4n) is 2.46. The van der Waals surface area contributed by atoms with Crippen molar-refractivity contribution in [3.05, 3.63) is 58.4 Å². The average molecular weight is 424 g/mol. The monoisotopic (exact) mass is 423 g/mol. The number of carbonyl (C=O) groups is 1. The molecule has 0 saturated heterocycles. The molecule has 1 amide bonds. The number of amides is 1. The summed E-state index contributed by atoms with van der Waals surface area (Å²) in [6, 6.07) is 5.28. The molecule has 0 atom stereocenters. The second kappa shape index (κ2) is 7.75. The number of hydrogen-bond donors (Lipinski definition) is 3. The standard InChI is InChI=1S/C19H17ClF3N5O/c1-19(2,3)26-18(25-17(29)9-4-5-12(21)14(23)6-9)24-16-10-7-13(22)11(20)8-15(10)27-28-16/h4-8H,1-3H3,(H3,24,25,26,27,28,29). The third-order valence-electron chi connectivity index (χ3n) is 3.71. The molecule has 6 nitrogen and oxygen atoms in total. The molecule has 1 aromatic heterocycles. The number of aromatic amines is 1. The first kappa shape index (κ1) is 20.7. The number of nitrogens with one attached hydrogen (secondary N) is 3. The number of hydrogen-bond acceptors (Lipinski definition) is 2. The zero-order chi connectivity index (χ0) is 21.3. The Morgan fingerprint density at radius 2 is 1.83 bits per heavy atom. The van der Waals surface area contributed by atoms with Gasteiger partial charge in [-0.25, -0.2) is 13.2 Å². The quantitative estimate of drug-likeness (QED) is 0.414. The van der Waals surface area contributed by atoms with Gasteiger partial charge in [0.05, 0.1) is 10.5 Å². The molecule has 0 bridgehead atoms. The van der Waals surface area contributed by atoms with Gasteiger partial charge in [0.15, 0.2) is 11.6 Å². The lowest BCUT2D eigenvalue weighted by Gasteiger charge is -2.23. The van der Waals surface area contributed by atoms with Crippen LogP contribution in [0.25, 0.3) is 10.9 Å². The molecule has 10 heteroatoms. The summed E-state index contributed by atoms with van der Waals surface area (Å²) in [6.07, 6.45) is 0. The van der Waals surface area contributed by atoms with E-state index in [0.717, 1.165) is 18.2 Å². The highest BCUT2D eigenvalue weighted by atomic mass is 35.5. The SMILES string of the molecule is CC(C)(C)N/C(=N\C(=O)c1ccc(F)c(F)c1)Nc1[nH]nc2cc(Cl)c(F)cc12. The van der Waals surface area contributed by atoms with Crippen LogP contribution in [0.15, 0.2) is 35.3 Å². The lowest BCUT2D eigenvalue weighted by Crippen LogP contribution is -2.44. The number of nitrogens with zero attached hydrogens (tertiary/aromatic N) is 2. The fourth-order valence-corrected chi connectivity index (χ4v) is 2.61. The predicted octanol–water partition coefficient (Wildman–Crippen LogP) is 4.63. The molecule has 29 heavy (non-hydrogen) atoms. The number of aliphatic imine (C=N–C) groups is 1. The number of aromatic nitrogens is 2. The first-order valence-corrected chi connectivity index (χ1v) is 8.88. The van der Waals surface area contributed by atoms with Crippen LogP contribution < -0.4 is 10.6 Å². The molecule has 3 rings (SSSR count). The van der Waals surface area contributed by atoms with Crippen molar-refractivity contribution in [1.82, 2.24) is 15.5 Å². The van der Waals surface area contributed by atoms with E-state index in [1.807, 2.05) is 20.8 Å². The van der Waals surface area contributed by atoms with Gasteiger partial charge in [0.2, 0.25) is 5.96 Å². The summed E-state index contributed by atoms with van der Waals surface area (Å²) in [5.74, 6) is -3.39. The van der Waals surface area contributed by atoms with Gasteiger partial charge in [-0.05, 0) is 51.1 Å². The van der Waals surface area contributed by atoms with Gasteiger partial charge in [-0.2, -0.15) is 10.1 Å². The first-order chi connectivity index (χ1) is 13.5. The number of benzene rings is 2. The van der Waals surface area contributed by atoms with Crippen molar-refractivity contribution in [2.24, 2.45) is 4.99 Å². The number of rotatable bonds is 2. The van der Waals surface area contributed by atoms with E-state index in [2.05, 4.69) is 25.8 Å². The third kappa shape index (κ3) is 4.86. The summed E-state index contributed by atoms with van der Waals surface area (Å²) in [7, 11) is 0. The van der Waals surface area contributed by atoms with E-state index in [1.54, 1.807) is 0 Å². The van der Waals surface area contributed by atoms with Crippen LogP contribution in [0, 0.1) is 17.5 Å². The summed E-state index contributed by atoms with van der Waals surface area (Å²) < 4.78 is 40.4. The number of guanidine groups is 1. The van der Waals surface area contributed by atoms with Crippen LogP contribution in [0.3, 0.4) is 0 Å². The second-order valence-electron chi connectivity index (χ2n) is 7.28. The Morgan fingerprint density at radius 3 is 2.48 bits per heavy atom. The molecule has 152 valence electrons. The maximum absolute atomic E-state index is 13.8. The lowest BCUT2D eigenvalue weighted by atomic mass is 10.1. The summed E-state index contributed by atoms with van der Waals surface area (Å²) in [6.45, 7) is 5.49. The maximum Gasteiger partial charge on any atom is 0.280 e. The molecular weight excluding hydrogens is 407 g/mol. The fraction of sp³-hybridized carbons (Fsp3) is 0.211. The zero-order valence-corrected chi connectivity index (χ0v) is 16.5. The van der Waals surface area contributed by atoms with Crippen molar-refractivity contribution in [3.63, 3.8) is 0 Å². The smallest absolute Gasteiger partial charge is 0.280 e. The molecule has 0 aliphatic rings. The third-order valence-corrected chi connectivity index (χ3v) is 4.00. The Morgan fingerprint density at radius 1 is 1.10 bits per heavy atom. The van der Waals surface area contributed by atoms with E-state index in [4.69, 9.17) is 11.6 Å². The highest BCUT2D eigenvalue weighted by Crippen LogP contribution is 2.26. The lowest BCUT2D eigenvalue weighted by molar-refractivity contribution is 0.100. The van der Waals surface area contributed by atoms with Crippen LogP contribution in [-0.4, -0.2) is 27.6 Å². The van der Waals surface area contributed by atoms with Crippen molar-refractivity contribution >= 4 is 40.2 Å². The molecule has 0 saturated carbocycles. The molecular formula is C19H17ClF3N5O. The molecule has 0 radical (unpaired) electrons. The number of fused-ring (bicyclic) bond motifs is 1. The molecule has 3 N–H and O–H groups in total. The van der Waals surface area contributed by atoms with Crippen LogP contribution in [0.4, 0.5) is 19.0 Å². The topological polar surface area (TPSA) is 82.2 Å². The number of anilines is 1. The van der Waals surface area contributed by atoms with Gasteiger partial charge in [0.25, 0.3) is 5.91 Å². The number of H-pyrrole nitrogens is 1. The Labute approximate surface area is 169 Å². The van der Waals surface area contributed by atoms with Gasteiger partial charge in [-0.15, -0.1) is 0 Å². The van der Waals surface area contributed by atoms with E-state index in [-0.39, 0.29) is 22.4 Å². The molecule has 0 unspecified atom stereocenters. The summed E-state index contributed by atoms with van der Waals surface area (Å²) >= 11 is 5.76. The number of halogens is 4. The maximum atomic E-state index is 13.8. The second-order valence-corrected chi connectivity index (χ2v) is 7.68. The molecule has 0 aliphatic carbocycles. The van der Waals surface area contributed by atoms with Gasteiger partial charge < -0.3 is 10.6 Å². The van der Waals surface area contributed by atoms with Gasteiger partial charge in [-0.1, -0.05) is 11.6 Å². The van der Waals surface area contributed by atoms with Gasteiger partial charge in [0, 0.05) is 16.5 Å². The summed E-state index contributed by atoms with van der Waals surface area (Å²) in [5.41, 5.74) is -0.239. The Bertz CT molecular complexity index is 1120. The molecule has 0 fully saturated rings. The van der Waals surface area contributed by atoms with Gasteiger partial charge in [-0.3, -0.25) is 9.89 Å². The van der Waals surface area contributed by atoms with Gasteiger partial charge >= 0.3 is 0 Å².